The highest BCUT2D eigenvalue weighted by molar-refractivity contribution is 14.1. The topological polar surface area (TPSA) is 60.7 Å². The molecule has 3 rings (SSSR count). The van der Waals surface area contributed by atoms with E-state index in [9.17, 15) is 15.3 Å². The van der Waals surface area contributed by atoms with Gasteiger partial charge in [0, 0.05) is 5.92 Å². The average Bonchev–Trinajstić information content (AvgIpc) is 2.62. The van der Waals surface area contributed by atoms with Crippen molar-refractivity contribution in [1.29, 1.82) is 0 Å². The van der Waals surface area contributed by atoms with Crippen LogP contribution in [0.3, 0.4) is 0 Å². The molecular weight excluding hydrogens is 1040 g/mol. The van der Waals surface area contributed by atoms with Crippen LogP contribution in [0.25, 0.3) is 0 Å². The minimum Gasteiger partial charge on any atom is -0.506 e. The normalized spacial score (nSPS) is 11.2. The maximum absolute atomic E-state index is 10.2. The number of phenols is 3. The monoisotopic (exact) mass is 1050 g/mol. The van der Waals surface area contributed by atoms with Crippen molar-refractivity contribution in [3.05, 3.63) is 74.5 Å². The van der Waals surface area contributed by atoms with Gasteiger partial charge in [-0.05, 0) is 189 Å². The summed E-state index contributed by atoms with van der Waals surface area (Å²) in [5, 5.41) is 30.7. The van der Waals surface area contributed by atoms with Gasteiger partial charge >= 0.3 is 0 Å². The van der Waals surface area contributed by atoms with Crippen LogP contribution in [0.4, 0.5) is 0 Å². The highest BCUT2D eigenvalue weighted by Gasteiger charge is 2.23. The number of hydrogen-bond acceptors (Lipinski definition) is 3. The zero-order valence-electron chi connectivity index (χ0n) is 13.7. The molecule has 0 aliphatic heterocycles. The van der Waals surface area contributed by atoms with Crippen molar-refractivity contribution >= 4 is 136 Å². The van der Waals surface area contributed by atoms with E-state index in [2.05, 4.69) is 136 Å². The Bertz CT molecular complexity index is 878. The molecule has 0 fully saturated rings. The molecule has 3 nitrogen and oxygen atoms in total. The number of rotatable bonds is 3. The van der Waals surface area contributed by atoms with E-state index in [1.807, 2.05) is 36.4 Å². The summed E-state index contributed by atoms with van der Waals surface area (Å²) in [6, 6.07) is 11.9. The van der Waals surface area contributed by atoms with Gasteiger partial charge < -0.3 is 15.3 Å². The van der Waals surface area contributed by atoms with Gasteiger partial charge in [-0.3, -0.25) is 0 Å². The Balaban J connectivity index is 2.32. The lowest BCUT2D eigenvalue weighted by Gasteiger charge is -2.22. The van der Waals surface area contributed by atoms with Gasteiger partial charge in [0.15, 0.2) is 0 Å². The molecule has 0 atom stereocenters. The summed E-state index contributed by atoms with van der Waals surface area (Å²) in [5.74, 6) is 0.753. The molecule has 3 aromatic rings. The van der Waals surface area contributed by atoms with E-state index in [1.54, 1.807) is 0 Å². The largest absolute Gasteiger partial charge is 0.506 e. The predicted octanol–water partition coefficient (Wildman–Crippen LogP) is 7.61. The lowest BCUT2D eigenvalue weighted by Crippen LogP contribution is -2.07. The number of benzene rings is 3. The van der Waals surface area contributed by atoms with Crippen molar-refractivity contribution in [2.24, 2.45) is 0 Å². The summed E-state index contributed by atoms with van der Waals surface area (Å²) in [4.78, 5) is 0. The number of halogens is 6. The Hall–Kier alpha value is 1.44. The van der Waals surface area contributed by atoms with Crippen LogP contribution in [0.5, 0.6) is 17.2 Å². The first-order valence-corrected chi connectivity index (χ1v) is 14.1. The van der Waals surface area contributed by atoms with Gasteiger partial charge in [0.05, 0.1) is 21.4 Å². The molecule has 146 valence electrons. The van der Waals surface area contributed by atoms with Gasteiger partial charge in [0.25, 0.3) is 0 Å². The van der Waals surface area contributed by atoms with E-state index < -0.39 is 0 Å². The molecule has 3 aromatic carbocycles. The molecule has 0 saturated carbocycles. The quantitative estimate of drug-likeness (QED) is 0.187. The van der Waals surface area contributed by atoms with Gasteiger partial charge in [-0.15, -0.1) is 0 Å². The van der Waals surface area contributed by atoms with Crippen LogP contribution < -0.4 is 0 Å². The smallest absolute Gasteiger partial charge is 0.142 e. The first-order valence-electron chi connectivity index (χ1n) is 7.63. The van der Waals surface area contributed by atoms with Gasteiger partial charge in [0.1, 0.15) is 17.2 Å². The molecule has 9 heteroatoms. The standard InChI is InChI=1S/C19H10I6O3/c20-10-1-7(2-11(21)17(10)26)16(8-3-12(22)18(27)13(23)4-8)9-5-14(24)19(28)15(25)6-9/h1-6,16,26-28H. The van der Waals surface area contributed by atoms with Crippen molar-refractivity contribution < 1.29 is 15.3 Å². The van der Waals surface area contributed by atoms with E-state index in [4.69, 9.17) is 0 Å². The molecule has 0 radical (unpaired) electrons. The van der Waals surface area contributed by atoms with Gasteiger partial charge in [-0.25, -0.2) is 0 Å². The summed E-state index contributed by atoms with van der Waals surface area (Å²) >= 11 is 12.9. The minimum absolute atomic E-state index is 0.104. The van der Waals surface area contributed by atoms with Crippen molar-refractivity contribution in [2.45, 2.75) is 5.92 Å². The van der Waals surface area contributed by atoms with E-state index in [-0.39, 0.29) is 23.2 Å². The second-order valence-corrected chi connectivity index (χ2v) is 12.9. The minimum atomic E-state index is -0.104. The first kappa shape index (κ1) is 24.1. The highest BCUT2D eigenvalue weighted by atomic mass is 127. The summed E-state index contributed by atoms with van der Waals surface area (Å²) < 4.78 is 4.73. The van der Waals surface area contributed by atoms with Crippen molar-refractivity contribution in [3.63, 3.8) is 0 Å². The van der Waals surface area contributed by atoms with Crippen molar-refractivity contribution in [3.8, 4) is 17.2 Å². The average molecular weight is 1050 g/mol. The Kier molecular flexibility index (Phi) is 8.54. The molecule has 0 unspecified atom stereocenters. The molecule has 0 bridgehead atoms. The van der Waals surface area contributed by atoms with E-state index >= 15 is 0 Å². The Morgan fingerprint density at radius 3 is 0.786 bits per heavy atom. The Labute approximate surface area is 244 Å². The van der Waals surface area contributed by atoms with Crippen LogP contribution in [0, 0.1) is 21.4 Å². The number of phenolic OH excluding ortho intramolecular Hbond substituents is 3. The third-order valence-electron chi connectivity index (χ3n) is 4.12. The van der Waals surface area contributed by atoms with E-state index in [1.165, 1.54) is 0 Å². The third kappa shape index (κ3) is 5.08. The lowest BCUT2D eigenvalue weighted by molar-refractivity contribution is 0.467. The molecular formula is C19H10I6O3. The molecule has 0 spiro atoms. The molecule has 0 aliphatic carbocycles. The summed E-state index contributed by atoms with van der Waals surface area (Å²) in [6.45, 7) is 0. The van der Waals surface area contributed by atoms with Crippen LogP contribution in [-0.4, -0.2) is 15.3 Å². The van der Waals surface area contributed by atoms with Crippen molar-refractivity contribution in [1.82, 2.24) is 0 Å². The second kappa shape index (κ2) is 9.93. The fraction of sp³-hybridized carbons (Fsp3) is 0.0526. The highest BCUT2D eigenvalue weighted by Crippen LogP contribution is 2.41. The van der Waals surface area contributed by atoms with E-state index in [0.717, 1.165) is 38.1 Å². The zero-order valence-corrected chi connectivity index (χ0v) is 26.6. The fourth-order valence-corrected chi connectivity index (χ4v) is 8.28. The Morgan fingerprint density at radius 2 is 0.607 bits per heavy atom. The summed E-state index contributed by atoms with van der Waals surface area (Å²) in [5.41, 5.74) is 3.13. The van der Waals surface area contributed by atoms with Crippen molar-refractivity contribution in [2.75, 3.05) is 0 Å². The molecule has 0 amide bonds. The van der Waals surface area contributed by atoms with Gasteiger partial charge in [-0.1, -0.05) is 0 Å². The number of hydrogen-bond donors (Lipinski definition) is 3. The lowest BCUT2D eigenvalue weighted by atomic mass is 9.85. The van der Waals surface area contributed by atoms with Crippen LogP contribution in [-0.2, 0) is 0 Å². The van der Waals surface area contributed by atoms with Crippen LogP contribution >= 0.6 is 136 Å². The second-order valence-electron chi connectivity index (χ2n) is 5.93. The van der Waals surface area contributed by atoms with Gasteiger partial charge in [0.2, 0.25) is 0 Å². The SMILES string of the molecule is Oc1c(I)cc(C(c2cc(I)c(O)c(I)c2)c2cc(I)c(O)c(I)c2)cc1I. The summed E-state index contributed by atoms with van der Waals surface area (Å²) in [7, 11) is 0. The number of aromatic hydroxyl groups is 3. The first-order chi connectivity index (χ1) is 13.1. The van der Waals surface area contributed by atoms with Crippen LogP contribution in [0.1, 0.15) is 22.6 Å². The zero-order chi connectivity index (χ0) is 20.7. The molecule has 28 heavy (non-hydrogen) atoms. The molecule has 0 aliphatic rings. The van der Waals surface area contributed by atoms with E-state index in [0.29, 0.717) is 0 Å². The predicted molar refractivity (Wildman–Crippen MR) is 162 cm³/mol. The Morgan fingerprint density at radius 1 is 0.429 bits per heavy atom. The van der Waals surface area contributed by atoms with Gasteiger partial charge in [-0.2, -0.15) is 0 Å². The maximum atomic E-state index is 10.2. The van der Waals surface area contributed by atoms with Crippen LogP contribution in [0.2, 0.25) is 0 Å². The molecule has 0 heterocycles. The maximum Gasteiger partial charge on any atom is 0.142 e. The molecule has 3 N–H and O–H groups in total. The van der Waals surface area contributed by atoms with Crippen LogP contribution in [0.15, 0.2) is 36.4 Å². The fourth-order valence-electron chi connectivity index (χ4n) is 2.83. The molecule has 0 aromatic heterocycles. The molecule has 0 saturated heterocycles. The third-order valence-corrected chi connectivity index (χ3v) is 9.05. The summed E-state index contributed by atoms with van der Waals surface area (Å²) in [6.07, 6.45) is 0.